The minimum Gasteiger partial charge on any atom is -0.212 e. The molecule has 1 aromatic carbocycles. The van der Waals surface area contributed by atoms with Crippen LogP contribution in [0.15, 0.2) is 24.3 Å². The van der Waals surface area contributed by atoms with E-state index in [4.69, 9.17) is 11.6 Å². The summed E-state index contributed by atoms with van der Waals surface area (Å²) in [5.41, 5.74) is 0.793. The fourth-order valence-corrected chi connectivity index (χ4v) is 4.48. The molecule has 1 heterocycles. The van der Waals surface area contributed by atoms with Gasteiger partial charge in [0.1, 0.15) is 0 Å². The molecule has 1 aliphatic heterocycles. The predicted octanol–water partition coefficient (Wildman–Crippen LogP) is 3.04. The van der Waals surface area contributed by atoms with Gasteiger partial charge in [-0.25, -0.2) is 8.42 Å². The van der Waals surface area contributed by atoms with Crippen LogP contribution in [0.4, 0.5) is 0 Å². The molecule has 1 aliphatic rings. The quantitative estimate of drug-likeness (QED) is 0.853. The maximum absolute atomic E-state index is 12.3. The molecule has 0 aliphatic carbocycles. The number of hydrogen-bond donors (Lipinski definition) is 0. The normalized spacial score (nSPS) is 21.3. The van der Waals surface area contributed by atoms with Crippen molar-refractivity contribution in [1.82, 2.24) is 4.31 Å². The molecule has 1 saturated heterocycles. The van der Waals surface area contributed by atoms with E-state index in [0.29, 0.717) is 11.6 Å². The Bertz CT molecular complexity index is 498. The smallest absolute Gasteiger partial charge is 0.212 e. The van der Waals surface area contributed by atoms with Crippen molar-refractivity contribution < 1.29 is 8.42 Å². The number of sulfonamides is 1. The zero-order valence-corrected chi connectivity index (χ0v) is 12.0. The molecule has 0 spiro atoms. The topological polar surface area (TPSA) is 37.4 Å². The van der Waals surface area contributed by atoms with Crippen LogP contribution < -0.4 is 0 Å². The summed E-state index contributed by atoms with van der Waals surface area (Å²) >= 11 is 5.80. The van der Waals surface area contributed by atoms with Gasteiger partial charge >= 0.3 is 0 Å². The molecule has 100 valence electrons. The lowest BCUT2D eigenvalue weighted by atomic mass is 10.2. The van der Waals surface area contributed by atoms with Crippen molar-refractivity contribution in [2.75, 3.05) is 6.54 Å². The number of halogens is 1. The lowest BCUT2D eigenvalue weighted by Crippen LogP contribution is -2.35. The fraction of sp³-hybridized carbons (Fsp3) is 0.538. The Labute approximate surface area is 114 Å². The van der Waals surface area contributed by atoms with E-state index in [0.717, 1.165) is 24.8 Å². The van der Waals surface area contributed by atoms with Gasteiger partial charge in [0.05, 0.1) is 5.75 Å². The first-order chi connectivity index (χ1) is 8.53. The van der Waals surface area contributed by atoms with E-state index in [1.807, 2.05) is 6.92 Å². The summed E-state index contributed by atoms with van der Waals surface area (Å²) in [4.78, 5) is 0. The first-order valence-corrected chi connectivity index (χ1v) is 8.25. The van der Waals surface area contributed by atoms with Gasteiger partial charge in [0.2, 0.25) is 10.0 Å². The third-order valence-corrected chi connectivity index (χ3v) is 5.56. The van der Waals surface area contributed by atoms with Gasteiger partial charge in [-0.2, -0.15) is 4.31 Å². The highest BCUT2D eigenvalue weighted by Crippen LogP contribution is 2.25. The van der Waals surface area contributed by atoms with Crippen LogP contribution >= 0.6 is 11.6 Å². The van der Waals surface area contributed by atoms with Crippen molar-refractivity contribution in [2.45, 2.75) is 38.0 Å². The van der Waals surface area contributed by atoms with Crippen LogP contribution in [0.25, 0.3) is 0 Å². The van der Waals surface area contributed by atoms with Gasteiger partial charge in [0, 0.05) is 17.6 Å². The minimum absolute atomic E-state index is 0.0701. The van der Waals surface area contributed by atoms with E-state index in [2.05, 4.69) is 0 Å². The van der Waals surface area contributed by atoms with Gasteiger partial charge in [0.25, 0.3) is 0 Å². The summed E-state index contributed by atoms with van der Waals surface area (Å²) in [5, 5.41) is 0.628. The second-order valence-corrected chi connectivity index (χ2v) is 7.06. The van der Waals surface area contributed by atoms with Gasteiger partial charge in [-0.1, -0.05) is 30.7 Å². The third kappa shape index (κ3) is 3.05. The molecular weight excluding hydrogens is 270 g/mol. The fourth-order valence-electron chi connectivity index (χ4n) is 2.46. The SMILES string of the molecule is CCC1CCCN1S(=O)(=O)Cc1ccc(Cl)cc1. The van der Waals surface area contributed by atoms with Gasteiger partial charge in [-0.05, 0) is 37.0 Å². The number of benzene rings is 1. The molecule has 0 amide bonds. The molecule has 1 unspecified atom stereocenters. The van der Waals surface area contributed by atoms with Gasteiger partial charge in [-0.3, -0.25) is 0 Å². The second kappa shape index (κ2) is 5.59. The van der Waals surface area contributed by atoms with E-state index in [1.54, 1.807) is 28.6 Å². The van der Waals surface area contributed by atoms with Gasteiger partial charge in [0.15, 0.2) is 0 Å². The van der Waals surface area contributed by atoms with Crippen molar-refractivity contribution in [3.05, 3.63) is 34.9 Å². The first-order valence-electron chi connectivity index (χ1n) is 6.27. The van der Waals surface area contributed by atoms with Gasteiger partial charge < -0.3 is 0 Å². The molecule has 5 heteroatoms. The van der Waals surface area contributed by atoms with E-state index < -0.39 is 10.0 Å². The second-order valence-electron chi connectivity index (χ2n) is 4.70. The molecule has 0 bridgehead atoms. The van der Waals surface area contributed by atoms with E-state index in [9.17, 15) is 8.42 Å². The molecule has 2 rings (SSSR count). The van der Waals surface area contributed by atoms with Crippen LogP contribution in [-0.4, -0.2) is 25.3 Å². The van der Waals surface area contributed by atoms with Gasteiger partial charge in [-0.15, -0.1) is 0 Å². The summed E-state index contributed by atoms with van der Waals surface area (Å²) in [6.45, 7) is 2.70. The highest BCUT2D eigenvalue weighted by atomic mass is 35.5. The first kappa shape index (κ1) is 13.8. The Morgan fingerprint density at radius 2 is 2.00 bits per heavy atom. The Morgan fingerprint density at radius 1 is 1.33 bits per heavy atom. The Morgan fingerprint density at radius 3 is 2.61 bits per heavy atom. The monoisotopic (exact) mass is 287 g/mol. The lowest BCUT2D eigenvalue weighted by Gasteiger charge is -2.23. The predicted molar refractivity (Wildman–Crippen MR) is 74.1 cm³/mol. The highest BCUT2D eigenvalue weighted by molar-refractivity contribution is 7.88. The molecule has 1 fully saturated rings. The van der Waals surface area contributed by atoms with Crippen molar-refractivity contribution in [2.24, 2.45) is 0 Å². The van der Waals surface area contributed by atoms with Crippen LogP contribution in [-0.2, 0) is 15.8 Å². The van der Waals surface area contributed by atoms with Crippen molar-refractivity contribution in [3.63, 3.8) is 0 Å². The molecule has 0 saturated carbocycles. The molecule has 18 heavy (non-hydrogen) atoms. The van der Waals surface area contributed by atoms with E-state index in [-0.39, 0.29) is 11.8 Å². The number of rotatable bonds is 4. The summed E-state index contributed by atoms with van der Waals surface area (Å²) in [7, 11) is -3.20. The maximum Gasteiger partial charge on any atom is 0.218 e. The van der Waals surface area contributed by atoms with Crippen molar-refractivity contribution in [1.29, 1.82) is 0 Å². The highest BCUT2D eigenvalue weighted by Gasteiger charge is 2.32. The Balaban J connectivity index is 2.14. The number of hydrogen-bond acceptors (Lipinski definition) is 2. The molecule has 0 radical (unpaired) electrons. The van der Waals surface area contributed by atoms with Crippen LogP contribution in [0, 0.1) is 0 Å². The largest absolute Gasteiger partial charge is 0.218 e. The minimum atomic E-state index is -3.20. The van der Waals surface area contributed by atoms with E-state index >= 15 is 0 Å². The Kier molecular flexibility index (Phi) is 4.30. The maximum atomic E-state index is 12.3. The number of nitrogens with zero attached hydrogens (tertiary/aromatic N) is 1. The zero-order valence-electron chi connectivity index (χ0n) is 10.5. The van der Waals surface area contributed by atoms with Crippen LogP contribution in [0.3, 0.4) is 0 Å². The molecule has 0 N–H and O–H groups in total. The molecule has 3 nitrogen and oxygen atoms in total. The van der Waals surface area contributed by atoms with Crippen LogP contribution in [0.2, 0.25) is 5.02 Å². The molecule has 1 atom stereocenters. The molecule has 1 aromatic rings. The average Bonchev–Trinajstić information content (AvgIpc) is 2.81. The third-order valence-electron chi connectivity index (χ3n) is 3.41. The average molecular weight is 288 g/mol. The molecular formula is C13H18ClNO2S. The Hall–Kier alpha value is -0.580. The lowest BCUT2D eigenvalue weighted by molar-refractivity contribution is 0.379. The van der Waals surface area contributed by atoms with Crippen LogP contribution in [0.1, 0.15) is 31.7 Å². The van der Waals surface area contributed by atoms with E-state index in [1.165, 1.54) is 0 Å². The van der Waals surface area contributed by atoms with Crippen LogP contribution in [0.5, 0.6) is 0 Å². The zero-order chi connectivity index (χ0) is 13.2. The van der Waals surface area contributed by atoms with Crippen molar-refractivity contribution >= 4 is 21.6 Å². The van der Waals surface area contributed by atoms with Crippen molar-refractivity contribution in [3.8, 4) is 0 Å². The summed E-state index contributed by atoms with van der Waals surface area (Å²) in [6.07, 6.45) is 2.84. The summed E-state index contributed by atoms with van der Waals surface area (Å²) < 4.78 is 26.4. The summed E-state index contributed by atoms with van der Waals surface area (Å²) in [6, 6.07) is 7.19. The molecule has 0 aromatic heterocycles. The summed E-state index contributed by atoms with van der Waals surface area (Å²) in [5.74, 6) is 0.0701. The standard InChI is InChI=1S/C13H18ClNO2S/c1-2-13-4-3-9-15(13)18(16,17)10-11-5-7-12(14)8-6-11/h5-8,13H,2-4,9-10H2,1H3.